The Labute approximate surface area is 83.2 Å². The maximum atomic E-state index is 5.44. The lowest BCUT2D eigenvalue weighted by atomic mass is 10.5. The molecule has 0 fully saturated rings. The molecular formula is C7H7N3OS2. The minimum Gasteiger partial charge on any atom is -0.468 e. The molecule has 0 aliphatic rings. The Morgan fingerprint density at radius 2 is 2.46 bits per heavy atom. The van der Waals surface area contributed by atoms with Gasteiger partial charge in [0.15, 0.2) is 4.34 Å². The van der Waals surface area contributed by atoms with E-state index in [1.165, 1.54) is 11.3 Å². The molecule has 0 saturated carbocycles. The first kappa shape index (κ1) is 8.58. The maximum absolute atomic E-state index is 5.44. The minimum atomic E-state index is 0.502. The fourth-order valence-electron chi connectivity index (χ4n) is 0.806. The Morgan fingerprint density at radius 3 is 3.08 bits per heavy atom. The van der Waals surface area contributed by atoms with E-state index in [0.717, 1.165) is 15.9 Å². The number of nitrogens with zero attached hydrogens (tertiary/aromatic N) is 2. The van der Waals surface area contributed by atoms with Gasteiger partial charge in [-0.25, -0.2) is 0 Å². The van der Waals surface area contributed by atoms with Crippen LogP contribution in [0.4, 0.5) is 5.13 Å². The van der Waals surface area contributed by atoms with Gasteiger partial charge in [0.25, 0.3) is 0 Å². The fraction of sp³-hybridized carbons (Fsp3) is 0.143. The molecule has 2 aromatic heterocycles. The topological polar surface area (TPSA) is 64.9 Å². The first-order valence-electron chi connectivity index (χ1n) is 3.59. The van der Waals surface area contributed by atoms with Crippen molar-refractivity contribution in [3.05, 3.63) is 24.2 Å². The molecule has 0 spiro atoms. The molecule has 68 valence electrons. The normalized spacial score (nSPS) is 10.5. The van der Waals surface area contributed by atoms with E-state index >= 15 is 0 Å². The molecule has 0 aliphatic carbocycles. The number of rotatable bonds is 3. The van der Waals surface area contributed by atoms with E-state index < -0.39 is 0 Å². The van der Waals surface area contributed by atoms with Gasteiger partial charge in [-0.3, -0.25) is 0 Å². The quantitative estimate of drug-likeness (QED) is 0.790. The van der Waals surface area contributed by atoms with Gasteiger partial charge in [-0.15, -0.1) is 10.2 Å². The predicted octanol–water partition coefficient (Wildman–Crippen LogP) is 2.01. The molecule has 2 N–H and O–H groups in total. The molecule has 2 aromatic rings. The van der Waals surface area contributed by atoms with Gasteiger partial charge in [0.1, 0.15) is 5.76 Å². The van der Waals surface area contributed by atoms with E-state index in [1.54, 1.807) is 18.0 Å². The van der Waals surface area contributed by atoms with E-state index in [0.29, 0.717) is 5.13 Å². The van der Waals surface area contributed by atoms with Gasteiger partial charge in [-0.05, 0) is 12.1 Å². The molecule has 0 unspecified atom stereocenters. The van der Waals surface area contributed by atoms with E-state index in [1.807, 2.05) is 12.1 Å². The smallest absolute Gasteiger partial charge is 0.203 e. The van der Waals surface area contributed by atoms with Crippen LogP contribution in [0.3, 0.4) is 0 Å². The molecule has 2 rings (SSSR count). The standard InChI is InChI=1S/C7H7N3OS2/c8-6-9-10-7(13-6)12-4-5-2-1-3-11-5/h1-3H,4H2,(H2,8,9). The molecule has 13 heavy (non-hydrogen) atoms. The van der Waals surface area contributed by atoms with Gasteiger partial charge in [-0.1, -0.05) is 23.1 Å². The summed E-state index contributed by atoms with van der Waals surface area (Å²) < 4.78 is 6.04. The van der Waals surface area contributed by atoms with E-state index in [4.69, 9.17) is 10.2 Å². The maximum Gasteiger partial charge on any atom is 0.203 e. The summed E-state index contributed by atoms with van der Waals surface area (Å²) in [6, 6.07) is 3.79. The van der Waals surface area contributed by atoms with Crippen molar-refractivity contribution in [2.24, 2.45) is 0 Å². The first-order valence-corrected chi connectivity index (χ1v) is 5.39. The third-order valence-corrected chi connectivity index (χ3v) is 3.25. The highest BCUT2D eigenvalue weighted by Crippen LogP contribution is 2.26. The summed E-state index contributed by atoms with van der Waals surface area (Å²) >= 11 is 2.96. The van der Waals surface area contributed by atoms with Crippen LogP contribution in [0.2, 0.25) is 0 Å². The van der Waals surface area contributed by atoms with Crippen molar-refractivity contribution in [3.63, 3.8) is 0 Å². The number of hydrogen-bond acceptors (Lipinski definition) is 6. The van der Waals surface area contributed by atoms with Crippen molar-refractivity contribution >= 4 is 28.2 Å². The Balaban J connectivity index is 1.93. The summed E-state index contributed by atoms with van der Waals surface area (Å²) in [6.45, 7) is 0. The van der Waals surface area contributed by atoms with Crippen molar-refractivity contribution in [2.45, 2.75) is 10.1 Å². The third-order valence-electron chi connectivity index (χ3n) is 1.34. The lowest BCUT2D eigenvalue weighted by molar-refractivity contribution is 0.530. The molecule has 4 nitrogen and oxygen atoms in total. The predicted molar refractivity (Wildman–Crippen MR) is 52.6 cm³/mol. The summed E-state index contributed by atoms with van der Waals surface area (Å²) in [5, 5.41) is 8.09. The van der Waals surface area contributed by atoms with Crippen LogP contribution in [0.5, 0.6) is 0 Å². The molecule has 0 radical (unpaired) electrons. The molecule has 2 heterocycles. The fourth-order valence-corrected chi connectivity index (χ4v) is 2.35. The molecule has 0 atom stereocenters. The van der Waals surface area contributed by atoms with Crippen molar-refractivity contribution in [1.29, 1.82) is 0 Å². The van der Waals surface area contributed by atoms with Crippen LogP contribution >= 0.6 is 23.1 Å². The van der Waals surface area contributed by atoms with Gasteiger partial charge in [0.2, 0.25) is 5.13 Å². The Morgan fingerprint density at radius 1 is 1.54 bits per heavy atom. The zero-order valence-corrected chi connectivity index (χ0v) is 8.27. The lowest BCUT2D eigenvalue weighted by Crippen LogP contribution is -1.79. The number of furan rings is 1. The van der Waals surface area contributed by atoms with Gasteiger partial charge in [0.05, 0.1) is 12.0 Å². The molecule has 0 aromatic carbocycles. The Bertz CT molecular complexity index is 371. The van der Waals surface area contributed by atoms with Crippen LogP contribution in [0.25, 0.3) is 0 Å². The van der Waals surface area contributed by atoms with Crippen LogP contribution in [0.1, 0.15) is 5.76 Å². The van der Waals surface area contributed by atoms with Crippen LogP contribution < -0.4 is 5.73 Å². The molecule has 0 aliphatic heterocycles. The molecule has 0 saturated heterocycles. The summed E-state index contributed by atoms with van der Waals surface area (Å²) in [4.78, 5) is 0. The van der Waals surface area contributed by atoms with Crippen molar-refractivity contribution < 1.29 is 4.42 Å². The number of hydrogen-bond donors (Lipinski definition) is 1. The highest BCUT2D eigenvalue weighted by molar-refractivity contribution is 8.00. The Hall–Kier alpha value is -1.01. The zero-order chi connectivity index (χ0) is 9.10. The summed E-state index contributed by atoms with van der Waals surface area (Å²) in [6.07, 6.45) is 1.66. The van der Waals surface area contributed by atoms with Crippen LogP contribution in [-0.2, 0) is 5.75 Å². The third kappa shape index (κ3) is 2.22. The highest BCUT2D eigenvalue weighted by Gasteiger charge is 2.03. The highest BCUT2D eigenvalue weighted by atomic mass is 32.2. The monoisotopic (exact) mass is 213 g/mol. The Kier molecular flexibility index (Phi) is 2.51. The number of nitrogens with two attached hydrogens (primary N) is 1. The van der Waals surface area contributed by atoms with E-state index in [2.05, 4.69) is 10.2 Å². The summed E-state index contributed by atoms with van der Waals surface area (Å²) in [5.74, 6) is 1.69. The van der Waals surface area contributed by atoms with Crippen LogP contribution in [0, 0.1) is 0 Å². The average Bonchev–Trinajstić information content (AvgIpc) is 2.71. The van der Waals surface area contributed by atoms with E-state index in [9.17, 15) is 0 Å². The SMILES string of the molecule is Nc1nnc(SCc2ccco2)s1. The van der Waals surface area contributed by atoms with E-state index in [-0.39, 0.29) is 0 Å². The number of anilines is 1. The minimum absolute atomic E-state index is 0.502. The van der Waals surface area contributed by atoms with Gasteiger partial charge < -0.3 is 10.2 Å². The number of nitrogen functional groups attached to an aromatic ring is 1. The van der Waals surface area contributed by atoms with Crippen molar-refractivity contribution in [1.82, 2.24) is 10.2 Å². The van der Waals surface area contributed by atoms with Crippen LogP contribution in [0.15, 0.2) is 27.2 Å². The van der Waals surface area contributed by atoms with Gasteiger partial charge in [0, 0.05) is 0 Å². The molecule has 0 amide bonds. The molecular weight excluding hydrogens is 206 g/mol. The van der Waals surface area contributed by atoms with Crippen LogP contribution in [-0.4, -0.2) is 10.2 Å². The number of thioether (sulfide) groups is 1. The second-order valence-electron chi connectivity index (χ2n) is 2.27. The summed E-state index contributed by atoms with van der Waals surface area (Å²) in [5.41, 5.74) is 5.44. The second kappa shape index (κ2) is 3.80. The average molecular weight is 213 g/mol. The lowest BCUT2D eigenvalue weighted by Gasteiger charge is -1.90. The first-order chi connectivity index (χ1) is 6.34. The largest absolute Gasteiger partial charge is 0.468 e. The second-order valence-corrected chi connectivity index (χ2v) is 4.51. The van der Waals surface area contributed by atoms with Gasteiger partial charge in [-0.2, -0.15) is 0 Å². The zero-order valence-electron chi connectivity index (χ0n) is 6.64. The molecule has 0 bridgehead atoms. The van der Waals surface area contributed by atoms with Crippen molar-refractivity contribution in [2.75, 3.05) is 5.73 Å². The van der Waals surface area contributed by atoms with Crippen molar-refractivity contribution in [3.8, 4) is 0 Å². The van der Waals surface area contributed by atoms with Gasteiger partial charge >= 0.3 is 0 Å². The number of aromatic nitrogens is 2. The molecule has 6 heteroatoms. The summed E-state index contributed by atoms with van der Waals surface area (Å²) in [7, 11) is 0.